The van der Waals surface area contributed by atoms with E-state index in [9.17, 15) is 18.0 Å². The van der Waals surface area contributed by atoms with Crippen LogP contribution < -0.4 is 0 Å². The molecule has 0 saturated carbocycles. The van der Waals surface area contributed by atoms with Gasteiger partial charge < -0.3 is 4.74 Å². The lowest BCUT2D eigenvalue weighted by atomic mass is 10.1. The van der Waals surface area contributed by atoms with E-state index in [4.69, 9.17) is 11.6 Å². The van der Waals surface area contributed by atoms with Gasteiger partial charge in [0.05, 0.1) is 17.7 Å². The number of hydrogen-bond donors (Lipinski definition) is 0. The van der Waals surface area contributed by atoms with Gasteiger partial charge in [0.15, 0.2) is 0 Å². The van der Waals surface area contributed by atoms with Gasteiger partial charge in [-0.1, -0.05) is 37.2 Å². The summed E-state index contributed by atoms with van der Waals surface area (Å²) in [5.41, 5.74) is -0.925. The topological polar surface area (TPSA) is 39.2 Å². The van der Waals surface area contributed by atoms with E-state index in [1.165, 1.54) is 7.11 Å². The van der Waals surface area contributed by atoms with Gasteiger partial charge in [0, 0.05) is 6.20 Å². The molecule has 1 aromatic rings. The minimum atomic E-state index is -4.50. The van der Waals surface area contributed by atoms with Crippen LogP contribution in [0.1, 0.15) is 19.4 Å². The van der Waals surface area contributed by atoms with Gasteiger partial charge in [-0.05, 0) is 12.0 Å². The molecule has 20 heavy (non-hydrogen) atoms. The highest BCUT2D eigenvalue weighted by Crippen LogP contribution is 2.36. The summed E-state index contributed by atoms with van der Waals surface area (Å²) in [5.74, 6) is -0.546. The van der Waals surface area contributed by atoms with E-state index < -0.39 is 23.0 Å². The third-order valence-corrected chi connectivity index (χ3v) is 4.35. The van der Waals surface area contributed by atoms with Gasteiger partial charge in [-0.25, -0.2) is 4.98 Å². The van der Waals surface area contributed by atoms with Crippen molar-refractivity contribution in [3.63, 3.8) is 0 Å². The summed E-state index contributed by atoms with van der Waals surface area (Å²) in [7, 11) is 1.25. The van der Waals surface area contributed by atoms with Crippen LogP contribution >= 0.6 is 23.4 Å². The summed E-state index contributed by atoms with van der Waals surface area (Å²) in [6.07, 6.45) is -3.80. The van der Waals surface area contributed by atoms with Crippen molar-refractivity contribution in [2.75, 3.05) is 7.11 Å². The van der Waals surface area contributed by atoms with Crippen LogP contribution in [0.4, 0.5) is 13.2 Å². The molecule has 1 atom stereocenters. The van der Waals surface area contributed by atoms with Crippen LogP contribution in [0.5, 0.6) is 0 Å². The highest BCUT2D eigenvalue weighted by Gasteiger charge is 2.32. The Labute approximate surface area is 123 Å². The Hall–Kier alpha value is -0.950. The zero-order valence-corrected chi connectivity index (χ0v) is 12.6. The summed E-state index contributed by atoms with van der Waals surface area (Å²) in [4.78, 5) is 15.3. The number of halogens is 4. The molecule has 0 aliphatic heterocycles. The molecule has 0 radical (unpaired) electrons. The second-order valence-electron chi connectivity index (χ2n) is 4.31. The van der Waals surface area contributed by atoms with Crippen molar-refractivity contribution in [3.8, 4) is 0 Å². The Bertz CT molecular complexity index is 494. The van der Waals surface area contributed by atoms with Crippen molar-refractivity contribution in [1.29, 1.82) is 0 Å². The lowest BCUT2D eigenvalue weighted by Gasteiger charge is -2.18. The van der Waals surface area contributed by atoms with Crippen molar-refractivity contribution in [2.45, 2.75) is 30.3 Å². The number of pyridine rings is 1. The largest absolute Gasteiger partial charge is 0.468 e. The van der Waals surface area contributed by atoms with E-state index in [0.29, 0.717) is 6.20 Å². The Balaban J connectivity index is 3.00. The van der Waals surface area contributed by atoms with Crippen molar-refractivity contribution in [2.24, 2.45) is 5.92 Å². The van der Waals surface area contributed by atoms with Crippen LogP contribution in [0.2, 0.25) is 5.02 Å². The van der Waals surface area contributed by atoms with Gasteiger partial charge in [-0.3, -0.25) is 4.79 Å². The molecule has 0 N–H and O–H groups in total. The first-order chi connectivity index (χ1) is 9.16. The van der Waals surface area contributed by atoms with Gasteiger partial charge >= 0.3 is 12.1 Å². The Morgan fingerprint density at radius 1 is 1.45 bits per heavy atom. The van der Waals surface area contributed by atoms with Crippen LogP contribution in [0, 0.1) is 5.92 Å². The SMILES string of the molecule is COC(=O)C(Sc1ncc(C(F)(F)F)cc1Cl)C(C)C. The first-order valence-corrected chi connectivity index (χ1v) is 6.89. The predicted octanol–water partition coefficient (Wildman–Crippen LogP) is 4.04. The van der Waals surface area contributed by atoms with E-state index in [-0.39, 0.29) is 16.0 Å². The van der Waals surface area contributed by atoms with E-state index in [2.05, 4.69) is 9.72 Å². The number of esters is 1. The average Bonchev–Trinajstić information content (AvgIpc) is 2.34. The third-order valence-electron chi connectivity index (χ3n) is 2.41. The van der Waals surface area contributed by atoms with Crippen molar-refractivity contribution in [1.82, 2.24) is 4.98 Å². The predicted molar refractivity (Wildman–Crippen MR) is 70.7 cm³/mol. The van der Waals surface area contributed by atoms with Crippen molar-refractivity contribution >= 4 is 29.3 Å². The molecule has 112 valence electrons. The molecule has 1 rings (SSSR count). The molecule has 1 aromatic heterocycles. The maximum Gasteiger partial charge on any atom is 0.417 e. The molecule has 8 heteroatoms. The number of aromatic nitrogens is 1. The van der Waals surface area contributed by atoms with Crippen molar-refractivity contribution < 1.29 is 22.7 Å². The first kappa shape index (κ1) is 17.1. The summed E-state index contributed by atoms with van der Waals surface area (Å²) in [6, 6.07) is 0.797. The van der Waals surface area contributed by atoms with Crippen LogP contribution in [-0.2, 0) is 15.7 Å². The lowest BCUT2D eigenvalue weighted by molar-refractivity contribution is -0.141. The Kier molecular flexibility index (Phi) is 5.70. The molecule has 0 aliphatic carbocycles. The number of methoxy groups -OCH3 is 1. The number of hydrogen-bond acceptors (Lipinski definition) is 4. The third kappa shape index (κ3) is 4.28. The van der Waals surface area contributed by atoms with Crippen molar-refractivity contribution in [3.05, 3.63) is 22.8 Å². The number of alkyl halides is 3. The number of carbonyl (C=O) groups is 1. The van der Waals surface area contributed by atoms with Crippen LogP contribution in [0.15, 0.2) is 17.3 Å². The quantitative estimate of drug-likeness (QED) is 0.618. The number of rotatable bonds is 4. The average molecular weight is 328 g/mol. The fourth-order valence-corrected chi connectivity index (χ4v) is 2.65. The summed E-state index contributed by atoms with van der Waals surface area (Å²) in [5, 5.41) is -0.551. The number of carbonyl (C=O) groups excluding carboxylic acids is 1. The minimum Gasteiger partial charge on any atom is -0.468 e. The zero-order valence-electron chi connectivity index (χ0n) is 11.0. The highest BCUT2D eigenvalue weighted by atomic mass is 35.5. The van der Waals surface area contributed by atoms with Gasteiger partial charge in [-0.15, -0.1) is 0 Å². The first-order valence-electron chi connectivity index (χ1n) is 5.64. The molecule has 0 fully saturated rings. The van der Waals surface area contributed by atoms with E-state index in [0.717, 1.165) is 17.8 Å². The highest BCUT2D eigenvalue weighted by molar-refractivity contribution is 8.00. The monoisotopic (exact) mass is 327 g/mol. The van der Waals surface area contributed by atoms with Crippen LogP contribution in [0.3, 0.4) is 0 Å². The molecule has 0 aromatic carbocycles. The fourth-order valence-electron chi connectivity index (χ4n) is 1.36. The fraction of sp³-hybridized carbons (Fsp3) is 0.500. The molecule has 0 spiro atoms. The van der Waals surface area contributed by atoms with Crippen LogP contribution in [-0.4, -0.2) is 23.3 Å². The normalized spacial score (nSPS) is 13.4. The maximum atomic E-state index is 12.5. The molecular weight excluding hydrogens is 315 g/mol. The standard InChI is InChI=1S/C12H13ClF3NO2S/c1-6(2)9(11(18)19-3)20-10-8(13)4-7(5-17-10)12(14,15)16/h4-6,9H,1-3H3. The zero-order chi connectivity index (χ0) is 15.5. The molecule has 1 heterocycles. The molecule has 0 amide bonds. The second-order valence-corrected chi connectivity index (χ2v) is 5.85. The molecule has 0 saturated heterocycles. The van der Waals surface area contributed by atoms with Crippen LogP contribution in [0.25, 0.3) is 0 Å². The molecule has 0 aliphatic rings. The van der Waals surface area contributed by atoms with Gasteiger partial charge in [0.2, 0.25) is 0 Å². The van der Waals surface area contributed by atoms with Gasteiger partial charge in [0.25, 0.3) is 0 Å². The molecule has 3 nitrogen and oxygen atoms in total. The maximum absolute atomic E-state index is 12.5. The number of nitrogens with zero attached hydrogens (tertiary/aromatic N) is 1. The number of thioether (sulfide) groups is 1. The smallest absolute Gasteiger partial charge is 0.417 e. The molecule has 1 unspecified atom stereocenters. The lowest BCUT2D eigenvalue weighted by Crippen LogP contribution is -2.24. The summed E-state index contributed by atoms with van der Waals surface area (Å²) < 4.78 is 42.1. The minimum absolute atomic E-state index is 0.0763. The van der Waals surface area contributed by atoms with E-state index in [1.54, 1.807) is 13.8 Å². The second kappa shape index (κ2) is 6.67. The molecule has 0 bridgehead atoms. The summed E-state index contributed by atoms with van der Waals surface area (Å²) in [6.45, 7) is 3.60. The van der Waals surface area contributed by atoms with E-state index >= 15 is 0 Å². The molecular formula is C12H13ClF3NO2S. The van der Waals surface area contributed by atoms with Gasteiger partial charge in [-0.2, -0.15) is 13.2 Å². The summed E-state index contributed by atoms with van der Waals surface area (Å²) >= 11 is 6.79. The Morgan fingerprint density at radius 3 is 2.45 bits per heavy atom. The Morgan fingerprint density at radius 2 is 2.05 bits per heavy atom. The van der Waals surface area contributed by atoms with E-state index in [1.807, 2.05) is 0 Å². The van der Waals surface area contributed by atoms with Gasteiger partial charge in [0.1, 0.15) is 10.3 Å². The number of ether oxygens (including phenoxy) is 1.